The van der Waals surface area contributed by atoms with Gasteiger partial charge in [-0.1, -0.05) is 0 Å². The monoisotopic (exact) mass is 383 g/mol. The van der Waals surface area contributed by atoms with Crippen LogP contribution in [0.3, 0.4) is 0 Å². The van der Waals surface area contributed by atoms with E-state index >= 15 is 0 Å². The summed E-state index contributed by atoms with van der Waals surface area (Å²) < 4.78 is 11.8. The van der Waals surface area contributed by atoms with Gasteiger partial charge in [-0.15, -0.1) is 0 Å². The number of benzene rings is 1. The molecule has 1 aliphatic heterocycles. The van der Waals surface area contributed by atoms with Crippen molar-refractivity contribution in [2.75, 3.05) is 26.8 Å². The van der Waals surface area contributed by atoms with Gasteiger partial charge < -0.3 is 19.5 Å². The molecule has 0 bridgehead atoms. The molecule has 0 aromatic heterocycles. The highest BCUT2D eigenvalue weighted by atomic mass is 79.9. The van der Waals surface area contributed by atoms with Gasteiger partial charge >= 0.3 is 5.97 Å². The van der Waals surface area contributed by atoms with Crippen LogP contribution < -0.4 is 9.47 Å². The van der Waals surface area contributed by atoms with Crippen molar-refractivity contribution in [2.24, 2.45) is 0 Å². The number of carboxylic acid groups (broad SMARTS) is 1. The number of ether oxygens (including phenoxy) is 2. The van der Waals surface area contributed by atoms with Crippen LogP contribution in [0.4, 0.5) is 0 Å². The van der Waals surface area contributed by atoms with Crippen molar-refractivity contribution in [2.45, 2.75) is 12.8 Å². The topological polar surface area (TPSA) is 76.1 Å². The second-order valence-corrected chi connectivity index (χ2v) is 5.97. The van der Waals surface area contributed by atoms with Crippen LogP contribution in [0.5, 0.6) is 11.5 Å². The number of carbonyl (C=O) groups is 2. The zero-order valence-electron chi connectivity index (χ0n) is 12.8. The van der Waals surface area contributed by atoms with E-state index < -0.39 is 5.97 Å². The summed E-state index contributed by atoms with van der Waals surface area (Å²) in [6.45, 7) is 1.42. The van der Waals surface area contributed by atoms with Crippen LogP contribution in [-0.4, -0.2) is 48.7 Å². The molecule has 0 fully saturated rings. The van der Waals surface area contributed by atoms with E-state index in [1.807, 2.05) is 12.1 Å². The number of amides is 1. The predicted molar refractivity (Wildman–Crippen MR) is 88.7 cm³/mol. The second-order valence-electron chi connectivity index (χ2n) is 5.12. The number of carboxylic acids is 1. The van der Waals surface area contributed by atoms with Gasteiger partial charge in [0.1, 0.15) is 13.2 Å². The molecular weight excluding hydrogens is 366 g/mol. The molecule has 0 saturated heterocycles. The first-order chi connectivity index (χ1) is 11.0. The van der Waals surface area contributed by atoms with E-state index in [2.05, 4.69) is 15.9 Å². The van der Waals surface area contributed by atoms with Crippen LogP contribution in [0, 0.1) is 0 Å². The Hall–Kier alpha value is -2.02. The third-order valence-corrected chi connectivity index (χ3v) is 3.89. The molecule has 0 unspecified atom stereocenters. The molecule has 23 heavy (non-hydrogen) atoms. The van der Waals surface area contributed by atoms with Crippen molar-refractivity contribution >= 4 is 33.9 Å². The van der Waals surface area contributed by atoms with Gasteiger partial charge in [0, 0.05) is 26.1 Å². The minimum absolute atomic E-state index is 0.0520. The Morgan fingerprint density at radius 3 is 2.83 bits per heavy atom. The Balaban J connectivity index is 1.98. The number of likely N-dealkylation sites (N-methyl/N-ethyl adjacent to an activating group) is 1. The van der Waals surface area contributed by atoms with Crippen molar-refractivity contribution < 1.29 is 24.2 Å². The van der Waals surface area contributed by atoms with Crippen molar-refractivity contribution in [3.05, 3.63) is 28.2 Å². The first-order valence-corrected chi connectivity index (χ1v) is 8.01. The molecule has 1 aromatic carbocycles. The molecule has 0 saturated carbocycles. The van der Waals surface area contributed by atoms with Crippen LogP contribution in [0.2, 0.25) is 0 Å². The number of halogens is 1. The number of carbonyl (C=O) groups excluding carboxylic acids is 1. The fraction of sp³-hybridized carbons (Fsp3) is 0.375. The van der Waals surface area contributed by atoms with Crippen molar-refractivity contribution in [1.29, 1.82) is 0 Å². The summed E-state index contributed by atoms with van der Waals surface area (Å²) in [5, 5.41) is 8.60. The molecular formula is C16H18BrNO5. The molecule has 1 aliphatic rings. The van der Waals surface area contributed by atoms with E-state index in [1.54, 1.807) is 13.1 Å². The first kappa shape index (κ1) is 17.3. The molecule has 0 atom stereocenters. The normalized spacial score (nSPS) is 13.1. The van der Waals surface area contributed by atoms with Gasteiger partial charge in [-0.3, -0.25) is 9.59 Å². The van der Waals surface area contributed by atoms with E-state index in [4.69, 9.17) is 14.6 Å². The molecule has 7 heteroatoms. The standard InChI is InChI=1S/C16H18BrNO5/c1-18(6-2-3-15(20)21)14(19)5-4-11-9-12(17)16-13(10-11)22-7-8-23-16/h4-5,9-10H,2-3,6-8H2,1H3,(H,20,21). The van der Waals surface area contributed by atoms with Gasteiger partial charge in [-0.05, 0) is 46.1 Å². The van der Waals surface area contributed by atoms with Crippen LogP contribution in [-0.2, 0) is 9.59 Å². The first-order valence-electron chi connectivity index (χ1n) is 7.21. The molecule has 2 rings (SSSR count). The SMILES string of the molecule is CN(CCCC(=O)O)C(=O)C=Cc1cc(Br)c2c(c1)OCCO2. The Morgan fingerprint density at radius 1 is 1.35 bits per heavy atom. The van der Waals surface area contributed by atoms with E-state index in [0.29, 0.717) is 37.7 Å². The Labute approximate surface area is 142 Å². The van der Waals surface area contributed by atoms with Gasteiger partial charge in [-0.2, -0.15) is 0 Å². The number of rotatable bonds is 6. The van der Waals surface area contributed by atoms with Crippen molar-refractivity contribution in [3.63, 3.8) is 0 Å². The van der Waals surface area contributed by atoms with E-state index in [9.17, 15) is 9.59 Å². The number of hydrogen-bond donors (Lipinski definition) is 1. The van der Waals surface area contributed by atoms with Gasteiger partial charge in [0.25, 0.3) is 0 Å². The molecule has 0 radical (unpaired) electrons. The zero-order chi connectivity index (χ0) is 16.8. The predicted octanol–water partition coefficient (Wildman–Crippen LogP) is 2.56. The lowest BCUT2D eigenvalue weighted by Gasteiger charge is -2.20. The highest BCUT2D eigenvalue weighted by molar-refractivity contribution is 9.10. The van der Waals surface area contributed by atoms with Gasteiger partial charge in [0.2, 0.25) is 5.91 Å². The third kappa shape index (κ3) is 4.99. The Kier molecular flexibility index (Phi) is 6.04. The van der Waals surface area contributed by atoms with Gasteiger partial charge in [0.05, 0.1) is 4.47 Å². The number of fused-ring (bicyclic) bond motifs is 1. The lowest BCUT2D eigenvalue weighted by atomic mass is 10.1. The maximum Gasteiger partial charge on any atom is 0.303 e. The molecule has 1 N–H and O–H groups in total. The number of aliphatic carboxylic acids is 1. The lowest BCUT2D eigenvalue weighted by Crippen LogP contribution is -2.26. The third-order valence-electron chi connectivity index (χ3n) is 3.30. The van der Waals surface area contributed by atoms with E-state index in [0.717, 1.165) is 10.0 Å². The number of nitrogens with zero attached hydrogens (tertiary/aromatic N) is 1. The molecule has 124 valence electrons. The second kappa shape index (κ2) is 8.01. The highest BCUT2D eigenvalue weighted by Gasteiger charge is 2.15. The minimum Gasteiger partial charge on any atom is -0.486 e. The minimum atomic E-state index is -0.859. The summed E-state index contributed by atoms with van der Waals surface area (Å²) in [4.78, 5) is 23.9. The van der Waals surface area contributed by atoms with E-state index in [-0.39, 0.29) is 12.3 Å². The summed E-state index contributed by atoms with van der Waals surface area (Å²) in [6, 6.07) is 3.66. The van der Waals surface area contributed by atoms with Crippen molar-refractivity contribution in [3.8, 4) is 11.5 Å². The van der Waals surface area contributed by atoms with Crippen LogP contribution in [0.15, 0.2) is 22.7 Å². The quantitative estimate of drug-likeness (QED) is 0.763. The van der Waals surface area contributed by atoms with E-state index in [1.165, 1.54) is 11.0 Å². The lowest BCUT2D eigenvalue weighted by molar-refractivity contribution is -0.137. The smallest absolute Gasteiger partial charge is 0.303 e. The summed E-state index contributed by atoms with van der Waals surface area (Å²) in [7, 11) is 1.65. The Bertz CT molecular complexity index is 629. The van der Waals surface area contributed by atoms with Crippen LogP contribution in [0.25, 0.3) is 6.08 Å². The number of hydrogen-bond acceptors (Lipinski definition) is 4. The molecule has 1 aromatic rings. The average Bonchev–Trinajstić information content (AvgIpc) is 2.52. The van der Waals surface area contributed by atoms with Gasteiger partial charge in [-0.25, -0.2) is 0 Å². The fourth-order valence-corrected chi connectivity index (χ4v) is 2.67. The zero-order valence-corrected chi connectivity index (χ0v) is 14.3. The highest BCUT2D eigenvalue weighted by Crippen LogP contribution is 2.38. The molecule has 1 amide bonds. The Morgan fingerprint density at radius 2 is 2.09 bits per heavy atom. The van der Waals surface area contributed by atoms with Gasteiger partial charge in [0.15, 0.2) is 11.5 Å². The summed E-state index contributed by atoms with van der Waals surface area (Å²) in [5.41, 5.74) is 0.813. The molecule has 0 spiro atoms. The van der Waals surface area contributed by atoms with Crippen molar-refractivity contribution in [1.82, 2.24) is 4.90 Å². The summed E-state index contributed by atoms with van der Waals surface area (Å²) in [5.74, 6) is 0.280. The molecule has 0 aliphatic carbocycles. The largest absolute Gasteiger partial charge is 0.486 e. The summed E-state index contributed by atoms with van der Waals surface area (Å²) in [6.07, 6.45) is 3.63. The molecule has 1 heterocycles. The maximum absolute atomic E-state index is 12.0. The van der Waals surface area contributed by atoms with Crippen LogP contribution in [0.1, 0.15) is 18.4 Å². The van der Waals surface area contributed by atoms with Crippen LogP contribution >= 0.6 is 15.9 Å². The summed E-state index contributed by atoms with van der Waals surface area (Å²) >= 11 is 3.43. The maximum atomic E-state index is 12.0. The average molecular weight is 384 g/mol. The fourth-order valence-electron chi connectivity index (χ4n) is 2.10. The molecule has 6 nitrogen and oxygen atoms in total.